The van der Waals surface area contributed by atoms with Crippen LogP contribution in [0.3, 0.4) is 0 Å². The summed E-state index contributed by atoms with van der Waals surface area (Å²) in [5.41, 5.74) is 1.39. The number of nitrogens with zero attached hydrogens (tertiary/aromatic N) is 1. The number of benzene rings is 1. The summed E-state index contributed by atoms with van der Waals surface area (Å²) in [5, 5.41) is 0. The zero-order valence-electron chi connectivity index (χ0n) is 10.6. The maximum atomic E-state index is 5.29. The average molecular weight is 345 g/mol. The maximum Gasteiger partial charge on any atom is 0.132 e. The predicted octanol–water partition coefficient (Wildman–Crippen LogP) is 3.53. The number of ether oxygens (including phenoxy) is 1. The molecule has 94 valence electrons. The standard InChI is InChI=1S/C14H20INO/c1-11-4-3-7-16(9-11)10-12-5-6-14(17-2)13(15)8-12/h5-6,8,11H,3-4,7,9-10H2,1-2H3. The molecule has 0 bridgehead atoms. The van der Waals surface area contributed by atoms with Gasteiger partial charge in [-0.15, -0.1) is 0 Å². The molecule has 1 saturated heterocycles. The van der Waals surface area contributed by atoms with Gasteiger partial charge in [0.25, 0.3) is 0 Å². The Morgan fingerprint density at radius 1 is 1.47 bits per heavy atom. The van der Waals surface area contributed by atoms with E-state index in [-0.39, 0.29) is 0 Å². The van der Waals surface area contributed by atoms with Crippen LogP contribution in [0.4, 0.5) is 0 Å². The topological polar surface area (TPSA) is 12.5 Å². The van der Waals surface area contributed by atoms with Gasteiger partial charge in [-0.25, -0.2) is 0 Å². The van der Waals surface area contributed by atoms with Gasteiger partial charge in [-0.05, 0) is 65.6 Å². The van der Waals surface area contributed by atoms with Crippen molar-refractivity contribution in [1.82, 2.24) is 4.90 Å². The lowest BCUT2D eigenvalue weighted by Gasteiger charge is -2.30. The van der Waals surface area contributed by atoms with Crippen LogP contribution >= 0.6 is 22.6 Å². The Kier molecular flexibility index (Phi) is 4.68. The Hall–Kier alpha value is -0.290. The molecule has 1 atom stereocenters. The molecule has 0 amide bonds. The lowest BCUT2D eigenvalue weighted by molar-refractivity contribution is 0.176. The highest BCUT2D eigenvalue weighted by atomic mass is 127. The van der Waals surface area contributed by atoms with E-state index in [4.69, 9.17) is 4.74 Å². The highest BCUT2D eigenvalue weighted by Gasteiger charge is 2.16. The number of piperidine rings is 1. The molecule has 1 aromatic rings. The fourth-order valence-electron chi connectivity index (χ4n) is 2.50. The van der Waals surface area contributed by atoms with E-state index >= 15 is 0 Å². The number of hydrogen-bond donors (Lipinski definition) is 0. The van der Waals surface area contributed by atoms with Crippen LogP contribution in [0.15, 0.2) is 18.2 Å². The van der Waals surface area contributed by atoms with E-state index in [1.807, 2.05) is 0 Å². The fourth-order valence-corrected chi connectivity index (χ4v) is 3.30. The fraction of sp³-hybridized carbons (Fsp3) is 0.571. The summed E-state index contributed by atoms with van der Waals surface area (Å²) >= 11 is 2.34. The van der Waals surface area contributed by atoms with Crippen molar-refractivity contribution in [2.24, 2.45) is 5.92 Å². The van der Waals surface area contributed by atoms with Gasteiger partial charge in [-0.3, -0.25) is 4.90 Å². The quantitative estimate of drug-likeness (QED) is 0.777. The molecule has 2 rings (SSSR count). The van der Waals surface area contributed by atoms with Gasteiger partial charge in [0.2, 0.25) is 0 Å². The lowest BCUT2D eigenvalue weighted by Crippen LogP contribution is -2.33. The minimum absolute atomic E-state index is 0.848. The first-order chi connectivity index (χ1) is 8.19. The summed E-state index contributed by atoms with van der Waals surface area (Å²) in [6.45, 7) is 5.91. The third-order valence-corrected chi connectivity index (χ3v) is 4.21. The SMILES string of the molecule is COc1ccc(CN2CCCC(C)C2)cc1I. The monoisotopic (exact) mass is 345 g/mol. The van der Waals surface area contributed by atoms with Crippen molar-refractivity contribution >= 4 is 22.6 Å². The smallest absolute Gasteiger partial charge is 0.132 e. The highest BCUT2D eigenvalue weighted by Crippen LogP contribution is 2.23. The molecule has 0 radical (unpaired) electrons. The van der Waals surface area contributed by atoms with Crippen LogP contribution in [-0.2, 0) is 6.54 Å². The van der Waals surface area contributed by atoms with Crippen molar-refractivity contribution in [3.63, 3.8) is 0 Å². The van der Waals surface area contributed by atoms with Crippen molar-refractivity contribution < 1.29 is 4.74 Å². The Labute approximate surface area is 117 Å². The van der Waals surface area contributed by atoms with E-state index in [0.717, 1.165) is 18.2 Å². The van der Waals surface area contributed by atoms with Crippen LogP contribution in [0, 0.1) is 9.49 Å². The second-order valence-corrected chi connectivity index (χ2v) is 6.11. The van der Waals surface area contributed by atoms with Crippen LogP contribution in [-0.4, -0.2) is 25.1 Å². The molecule has 3 heteroatoms. The van der Waals surface area contributed by atoms with Gasteiger partial charge in [-0.2, -0.15) is 0 Å². The van der Waals surface area contributed by atoms with Crippen molar-refractivity contribution in [3.05, 3.63) is 27.3 Å². The maximum absolute atomic E-state index is 5.29. The van der Waals surface area contributed by atoms with E-state index < -0.39 is 0 Å². The minimum Gasteiger partial charge on any atom is -0.496 e. The zero-order chi connectivity index (χ0) is 12.3. The number of methoxy groups -OCH3 is 1. The Bertz CT molecular complexity index is 380. The molecule has 17 heavy (non-hydrogen) atoms. The second kappa shape index (κ2) is 6.05. The third kappa shape index (κ3) is 3.58. The lowest BCUT2D eigenvalue weighted by atomic mass is 10.00. The molecule has 1 aliphatic rings. The van der Waals surface area contributed by atoms with Gasteiger partial charge in [0, 0.05) is 13.1 Å². The molecular formula is C14H20INO. The van der Waals surface area contributed by atoms with Crippen molar-refractivity contribution in [2.75, 3.05) is 20.2 Å². The van der Waals surface area contributed by atoms with E-state index in [0.29, 0.717) is 0 Å². The van der Waals surface area contributed by atoms with Crippen molar-refractivity contribution in [1.29, 1.82) is 0 Å². The molecular weight excluding hydrogens is 325 g/mol. The Morgan fingerprint density at radius 2 is 2.29 bits per heavy atom. The second-order valence-electron chi connectivity index (χ2n) is 4.95. The summed E-state index contributed by atoms with van der Waals surface area (Å²) in [7, 11) is 1.73. The number of likely N-dealkylation sites (tertiary alicyclic amines) is 1. The van der Waals surface area contributed by atoms with Gasteiger partial charge < -0.3 is 4.74 Å². The van der Waals surface area contributed by atoms with Crippen LogP contribution < -0.4 is 4.74 Å². The van der Waals surface area contributed by atoms with Gasteiger partial charge in [-0.1, -0.05) is 13.0 Å². The first-order valence-electron chi connectivity index (χ1n) is 6.24. The van der Waals surface area contributed by atoms with E-state index in [2.05, 4.69) is 52.6 Å². The van der Waals surface area contributed by atoms with Crippen molar-refractivity contribution in [2.45, 2.75) is 26.3 Å². The molecule has 0 aliphatic carbocycles. The molecule has 0 spiro atoms. The molecule has 1 unspecified atom stereocenters. The summed E-state index contributed by atoms with van der Waals surface area (Å²) in [6.07, 6.45) is 2.73. The molecule has 1 heterocycles. The van der Waals surface area contributed by atoms with Crippen LogP contribution in [0.25, 0.3) is 0 Å². The normalized spacial score (nSPS) is 21.5. The number of hydrogen-bond acceptors (Lipinski definition) is 2. The van der Waals surface area contributed by atoms with Gasteiger partial charge in [0.05, 0.1) is 10.7 Å². The zero-order valence-corrected chi connectivity index (χ0v) is 12.7. The summed E-state index contributed by atoms with van der Waals surface area (Å²) in [4.78, 5) is 2.56. The van der Waals surface area contributed by atoms with Gasteiger partial charge in [0.15, 0.2) is 0 Å². The average Bonchev–Trinajstić information content (AvgIpc) is 2.29. The third-order valence-electron chi connectivity index (χ3n) is 3.36. The summed E-state index contributed by atoms with van der Waals surface area (Å²) < 4.78 is 6.49. The van der Waals surface area contributed by atoms with E-state index in [1.165, 1.54) is 35.1 Å². The van der Waals surface area contributed by atoms with Crippen LogP contribution in [0.2, 0.25) is 0 Å². The molecule has 1 aromatic carbocycles. The van der Waals surface area contributed by atoms with Gasteiger partial charge >= 0.3 is 0 Å². The first-order valence-corrected chi connectivity index (χ1v) is 7.31. The van der Waals surface area contributed by atoms with Crippen LogP contribution in [0.1, 0.15) is 25.3 Å². The molecule has 0 aromatic heterocycles. The van der Waals surface area contributed by atoms with Crippen LogP contribution in [0.5, 0.6) is 5.75 Å². The molecule has 2 nitrogen and oxygen atoms in total. The van der Waals surface area contributed by atoms with E-state index in [9.17, 15) is 0 Å². The van der Waals surface area contributed by atoms with Crippen molar-refractivity contribution in [3.8, 4) is 5.75 Å². The summed E-state index contributed by atoms with van der Waals surface area (Å²) in [5.74, 6) is 1.82. The number of halogens is 1. The van der Waals surface area contributed by atoms with E-state index in [1.54, 1.807) is 7.11 Å². The molecule has 0 saturated carbocycles. The van der Waals surface area contributed by atoms with Gasteiger partial charge in [0.1, 0.15) is 5.75 Å². The molecule has 0 N–H and O–H groups in total. The minimum atomic E-state index is 0.848. The molecule has 1 aliphatic heterocycles. The first kappa shape index (κ1) is 13.1. The Morgan fingerprint density at radius 3 is 2.94 bits per heavy atom. The highest BCUT2D eigenvalue weighted by molar-refractivity contribution is 14.1. The Balaban J connectivity index is 2.00. The largest absolute Gasteiger partial charge is 0.496 e. The predicted molar refractivity (Wildman–Crippen MR) is 79.4 cm³/mol. The number of rotatable bonds is 3. The summed E-state index contributed by atoms with van der Waals surface area (Å²) in [6, 6.07) is 6.49. The molecule has 1 fully saturated rings.